The molecule has 14 heavy (non-hydrogen) atoms. The van der Waals surface area contributed by atoms with E-state index >= 15 is 0 Å². The van der Waals surface area contributed by atoms with Crippen molar-refractivity contribution >= 4 is 25.3 Å². The van der Waals surface area contributed by atoms with E-state index in [1.165, 1.54) is 18.3 Å². The standard InChI is InChI=1S/C8H6BF2N3/c10-9(11)14-6-2-4-8(14)13-7-3-1-5-12-7/h1-6H/b13-7+. The van der Waals surface area contributed by atoms with Crippen LogP contribution in [-0.4, -0.2) is 23.9 Å². The third-order valence-corrected chi connectivity index (χ3v) is 1.73. The lowest BCUT2D eigenvalue weighted by molar-refractivity contribution is 0.631. The van der Waals surface area contributed by atoms with Crippen molar-refractivity contribution in [2.45, 2.75) is 0 Å². The molecule has 1 aromatic heterocycles. The zero-order valence-corrected chi connectivity index (χ0v) is 7.14. The van der Waals surface area contributed by atoms with Crippen LogP contribution in [0.5, 0.6) is 0 Å². The van der Waals surface area contributed by atoms with Crippen molar-refractivity contribution in [2.75, 3.05) is 0 Å². The topological polar surface area (TPSA) is 29.6 Å². The van der Waals surface area contributed by atoms with Crippen molar-refractivity contribution in [2.24, 2.45) is 9.98 Å². The summed E-state index contributed by atoms with van der Waals surface area (Å²) in [7, 11) is -2.57. The van der Waals surface area contributed by atoms with Crippen LogP contribution in [0.25, 0.3) is 0 Å². The summed E-state index contributed by atoms with van der Waals surface area (Å²) in [6, 6.07) is 3.04. The minimum atomic E-state index is -2.57. The zero-order valence-electron chi connectivity index (χ0n) is 7.14. The highest BCUT2D eigenvalue weighted by Gasteiger charge is 2.18. The first-order chi connectivity index (χ1) is 6.77. The highest BCUT2D eigenvalue weighted by atomic mass is 19.2. The third-order valence-electron chi connectivity index (χ3n) is 1.73. The van der Waals surface area contributed by atoms with E-state index in [9.17, 15) is 8.63 Å². The van der Waals surface area contributed by atoms with Crippen LogP contribution in [-0.2, 0) is 0 Å². The van der Waals surface area contributed by atoms with Gasteiger partial charge in [0.05, 0.1) is 0 Å². The Bertz CT molecular complexity index is 406. The third kappa shape index (κ3) is 1.64. The molecule has 0 bridgehead atoms. The van der Waals surface area contributed by atoms with Crippen LogP contribution in [0.4, 0.5) is 14.4 Å². The maximum Gasteiger partial charge on any atom is 0.678 e. The van der Waals surface area contributed by atoms with Gasteiger partial charge >= 0.3 is 7.40 Å². The van der Waals surface area contributed by atoms with E-state index in [2.05, 4.69) is 9.98 Å². The lowest BCUT2D eigenvalue weighted by atomic mass is 10.2. The van der Waals surface area contributed by atoms with E-state index in [1.54, 1.807) is 18.4 Å². The smallest absolute Gasteiger partial charge is 0.317 e. The second-order valence-electron chi connectivity index (χ2n) is 2.66. The normalized spacial score (nSPS) is 16.9. The molecule has 0 atom stereocenters. The number of allylic oxidation sites excluding steroid dienone is 1. The minimum absolute atomic E-state index is 0.207. The zero-order chi connectivity index (χ0) is 9.97. The molecule has 70 valence electrons. The molecule has 1 aromatic rings. The average Bonchev–Trinajstić information content (AvgIpc) is 2.75. The number of halogens is 2. The van der Waals surface area contributed by atoms with Crippen molar-refractivity contribution in [1.29, 1.82) is 0 Å². The van der Waals surface area contributed by atoms with Crippen LogP contribution < -0.4 is 0 Å². The molecular formula is C8H6BF2N3. The van der Waals surface area contributed by atoms with E-state index < -0.39 is 7.40 Å². The Labute approximate surface area is 79.7 Å². The van der Waals surface area contributed by atoms with E-state index in [0.717, 1.165) is 4.48 Å². The van der Waals surface area contributed by atoms with Crippen molar-refractivity contribution in [3.63, 3.8) is 0 Å². The van der Waals surface area contributed by atoms with Gasteiger partial charge in [0, 0.05) is 6.21 Å². The van der Waals surface area contributed by atoms with Gasteiger partial charge in [-0.05, 0) is 30.5 Å². The molecule has 0 fully saturated rings. The fourth-order valence-electron chi connectivity index (χ4n) is 1.12. The molecule has 3 nitrogen and oxygen atoms in total. The summed E-state index contributed by atoms with van der Waals surface area (Å²) >= 11 is 0. The summed E-state index contributed by atoms with van der Waals surface area (Å²) < 4.78 is 25.5. The average molecular weight is 193 g/mol. The number of rotatable bonds is 2. The van der Waals surface area contributed by atoms with E-state index in [4.69, 9.17) is 0 Å². The second kappa shape index (κ2) is 3.57. The highest BCUT2D eigenvalue weighted by Crippen LogP contribution is 2.16. The number of aliphatic imine (C=N–C) groups is 2. The molecule has 2 heterocycles. The number of hydrogen-bond acceptors (Lipinski definition) is 1. The number of aromatic nitrogens is 1. The van der Waals surface area contributed by atoms with E-state index in [0.29, 0.717) is 5.84 Å². The molecule has 2 rings (SSSR count). The van der Waals surface area contributed by atoms with Gasteiger partial charge in [-0.2, -0.15) is 0 Å². The Hall–Kier alpha value is -1.72. The fraction of sp³-hybridized carbons (Fsp3) is 0. The van der Waals surface area contributed by atoms with Crippen LogP contribution in [0.2, 0.25) is 0 Å². The molecule has 0 radical (unpaired) electrons. The summed E-state index contributed by atoms with van der Waals surface area (Å²) in [5.41, 5.74) is 0. The maximum absolute atomic E-state index is 12.4. The second-order valence-corrected chi connectivity index (χ2v) is 2.66. The molecule has 0 amide bonds. The monoisotopic (exact) mass is 193 g/mol. The molecule has 0 saturated heterocycles. The Balaban J connectivity index is 2.33. The summed E-state index contributed by atoms with van der Waals surface area (Å²) in [5, 5.41) is 0. The molecule has 0 N–H and O–H groups in total. The van der Waals surface area contributed by atoms with Crippen molar-refractivity contribution in [3.8, 4) is 0 Å². The number of amidine groups is 1. The Morgan fingerprint density at radius 3 is 2.93 bits per heavy atom. The molecular weight excluding hydrogens is 187 g/mol. The van der Waals surface area contributed by atoms with Gasteiger partial charge in [-0.15, -0.1) is 0 Å². The molecule has 6 heteroatoms. The molecule has 0 aromatic carbocycles. The Morgan fingerprint density at radius 2 is 2.29 bits per heavy atom. The summed E-state index contributed by atoms with van der Waals surface area (Å²) in [6.45, 7) is 0. The van der Waals surface area contributed by atoms with E-state index in [1.807, 2.05) is 0 Å². The van der Waals surface area contributed by atoms with Crippen LogP contribution in [0.15, 0.2) is 40.5 Å². The SMILES string of the molecule is FB(F)n1cccc1/N=C1\C=CC=N1. The van der Waals surface area contributed by atoms with E-state index in [-0.39, 0.29) is 5.82 Å². The highest BCUT2D eigenvalue weighted by molar-refractivity contribution is 6.41. The molecule has 0 saturated carbocycles. The van der Waals surface area contributed by atoms with Gasteiger partial charge in [-0.1, -0.05) is 0 Å². The van der Waals surface area contributed by atoms with Gasteiger partial charge in [0.2, 0.25) is 0 Å². The van der Waals surface area contributed by atoms with Gasteiger partial charge in [0.25, 0.3) is 0 Å². The van der Waals surface area contributed by atoms with Crippen LogP contribution >= 0.6 is 0 Å². The number of hydrogen-bond donors (Lipinski definition) is 0. The summed E-state index contributed by atoms with van der Waals surface area (Å²) in [6.07, 6.45) is 6.21. The van der Waals surface area contributed by atoms with Gasteiger partial charge in [0.1, 0.15) is 5.82 Å². The molecule has 0 unspecified atom stereocenters. The largest absolute Gasteiger partial charge is 0.678 e. The van der Waals surface area contributed by atoms with Gasteiger partial charge in [0.15, 0.2) is 5.84 Å². The summed E-state index contributed by atoms with van der Waals surface area (Å²) in [5.74, 6) is 0.643. The first-order valence-corrected chi connectivity index (χ1v) is 4.02. The van der Waals surface area contributed by atoms with Crippen molar-refractivity contribution in [1.82, 2.24) is 4.48 Å². The summed E-state index contributed by atoms with van der Waals surface area (Å²) in [4.78, 5) is 7.82. The molecule has 1 aliphatic rings. The first-order valence-electron chi connectivity index (χ1n) is 4.02. The van der Waals surface area contributed by atoms with Crippen molar-refractivity contribution in [3.05, 3.63) is 30.5 Å². The quantitative estimate of drug-likeness (QED) is 0.642. The molecule has 0 aliphatic carbocycles. The van der Waals surface area contributed by atoms with Crippen LogP contribution in [0, 0.1) is 0 Å². The first kappa shape index (κ1) is 8.86. The number of nitrogens with zero attached hydrogens (tertiary/aromatic N) is 3. The van der Waals surface area contributed by atoms with Crippen LogP contribution in [0.3, 0.4) is 0 Å². The lowest BCUT2D eigenvalue weighted by Crippen LogP contribution is -2.10. The van der Waals surface area contributed by atoms with Gasteiger partial charge in [-0.25, -0.2) is 9.98 Å². The predicted octanol–water partition coefficient (Wildman–Crippen LogP) is 1.93. The van der Waals surface area contributed by atoms with Gasteiger partial charge in [-0.3, -0.25) is 8.63 Å². The molecule has 0 spiro atoms. The lowest BCUT2D eigenvalue weighted by Gasteiger charge is -1.99. The fourth-order valence-corrected chi connectivity index (χ4v) is 1.12. The maximum atomic E-state index is 12.4. The van der Waals surface area contributed by atoms with Crippen LogP contribution in [0.1, 0.15) is 0 Å². The Kier molecular flexibility index (Phi) is 2.26. The van der Waals surface area contributed by atoms with Crippen molar-refractivity contribution < 1.29 is 8.63 Å². The minimum Gasteiger partial charge on any atom is -0.317 e. The Morgan fingerprint density at radius 1 is 1.43 bits per heavy atom. The van der Waals surface area contributed by atoms with Gasteiger partial charge < -0.3 is 4.48 Å². The predicted molar refractivity (Wildman–Crippen MR) is 52.5 cm³/mol. The molecule has 1 aliphatic heterocycles.